The molecule has 1 saturated carbocycles. The zero-order valence-electron chi connectivity index (χ0n) is 9.10. The normalized spacial score (nSPS) is 22.4. The summed E-state index contributed by atoms with van der Waals surface area (Å²) in [6, 6.07) is 0.362. The second kappa shape index (κ2) is 4.97. The van der Waals surface area contributed by atoms with E-state index in [0.29, 0.717) is 11.5 Å². The second-order valence-electron chi connectivity index (χ2n) is 4.96. The quantitative estimate of drug-likeness (QED) is 0.619. The molecule has 3 N–H and O–H groups in total. The van der Waals surface area contributed by atoms with Gasteiger partial charge in [0.25, 0.3) is 0 Å². The number of nitrogens with one attached hydrogen (secondary N) is 1. The molecule has 0 saturated heterocycles. The van der Waals surface area contributed by atoms with Crippen LogP contribution in [0.15, 0.2) is 0 Å². The van der Waals surface area contributed by atoms with Crippen molar-refractivity contribution in [3.8, 4) is 0 Å². The molecule has 0 aromatic carbocycles. The average Bonchev–Trinajstić information content (AvgIpc) is 2.00. The molecule has 1 atom stereocenters. The highest BCUT2D eigenvalue weighted by molar-refractivity contribution is 4.84. The Morgan fingerprint density at radius 1 is 1.46 bits per heavy atom. The van der Waals surface area contributed by atoms with Crippen molar-refractivity contribution < 1.29 is 0 Å². The molecule has 0 heterocycles. The largest absolute Gasteiger partial charge is 0.328 e. The summed E-state index contributed by atoms with van der Waals surface area (Å²) in [6.45, 7) is 6.80. The summed E-state index contributed by atoms with van der Waals surface area (Å²) in [6.07, 6.45) is 6.61. The van der Waals surface area contributed by atoms with E-state index in [1.54, 1.807) is 0 Å². The van der Waals surface area contributed by atoms with Crippen LogP contribution in [-0.2, 0) is 0 Å². The van der Waals surface area contributed by atoms with E-state index in [0.717, 1.165) is 13.0 Å². The molecule has 0 bridgehead atoms. The van der Waals surface area contributed by atoms with Crippen molar-refractivity contribution >= 4 is 0 Å². The fourth-order valence-electron chi connectivity index (χ4n) is 1.90. The van der Waals surface area contributed by atoms with Crippen LogP contribution in [0.2, 0.25) is 0 Å². The van der Waals surface area contributed by atoms with E-state index in [1.807, 2.05) is 0 Å². The van der Waals surface area contributed by atoms with E-state index in [1.165, 1.54) is 32.2 Å². The van der Waals surface area contributed by atoms with Crippen LogP contribution < -0.4 is 11.1 Å². The first-order valence-electron chi connectivity index (χ1n) is 5.59. The van der Waals surface area contributed by atoms with Crippen LogP contribution in [0.4, 0.5) is 0 Å². The molecule has 0 spiro atoms. The van der Waals surface area contributed by atoms with Gasteiger partial charge in [0.15, 0.2) is 0 Å². The molecule has 13 heavy (non-hydrogen) atoms. The first-order valence-corrected chi connectivity index (χ1v) is 5.59. The molecular weight excluding hydrogens is 160 g/mol. The first kappa shape index (κ1) is 11.0. The zero-order chi connectivity index (χ0) is 9.73. The molecule has 2 heteroatoms. The molecule has 1 aliphatic carbocycles. The maximum atomic E-state index is 5.67. The van der Waals surface area contributed by atoms with Gasteiger partial charge in [-0.1, -0.05) is 13.3 Å². The third-order valence-electron chi connectivity index (χ3n) is 3.13. The monoisotopic (exact) mass is 184 g/mol. The predicted molar refractivity (Wildman–Crippen MR) is 57.7 cm³/mol. The van der Waals surface area contributed by atoms with Crippen molar-refractivity contribution in [2.24, 2.45) is 11.1 Å². The molecule has 1 fully saturated rings. The maximum Gasteiger partial charge on any atom is 0.00109 e. The van der Waals surface area contributed by atoms with Gasteiger partial charge in [-0.2, -0.15) is 0 Å². The lowest BCUT2D eigenvalue weighted by molar-refractivity contribution is 0.157. The fourth-order valence-corrected chi connectivity index (χ4v) is 1.90. The minimum Gasteiger partial charge on any atom is -0.328 e. The lowest BCUT2D eigenvalue weighted by Gasteiger charge is -2.38. The molecule has 0 aromatic heterocycles. The van der Waals surface area contributed by atoms with Gasteiger partial charge in [0, 0.05) is 12.6 Å². The SMILES string of the molecule is CC(N)CCCNCC1(C)CCC1. The fraction of sp³-hybridized carbons (Fsp3) is 1.00. The minimum absolute atomic E-state index is 0.362. The van der Waals surface area contributed by atoms with Gasteiger partial charge in [0.05, 0.1) is 0 Å². The van der Waals surface area contributed by atoms with Crippen LogP contribution in [0.1, 0.15) is 46.0 Å². The average molecular weight is 184 g/mol. The molecule has 2 nitrogen and oxygen atoms in total. The minimum atomic E-state index is 0.362. The van der Waals surface area contributed by atoms with Crippen LogP contribution in [-0.4, -0.2) is 19.1 Å². The molecule has 0 aromatic rings. The van der Waals surface area contributed by atoms with E-state index in [4.69, 9.17) is 5.73 Å². The van der Waals surface area contributed by atoms with Gasteiger partial charge >= 0.3 is 0 Å². The van der Waals surface area contributed by atoms with Crippen LogP contribution in [0, 0.1) is 5.41 Å². The number of hydrogen-bond acceptors (Lipinski definition) is 2. The van der Waals surface area contributed by atoms with Gasteiger partial charge in [-0.15, -0.1) is 0 Å². The Kier molecular flexibility index (Phi) is 4.20. The van der Waals surface area contributed by atoms with Crippen molar-refractivity contribution in [1.82, 2.24) is 5.32 Å². The standard InChI is InChI=1S/C11H24N2/c1-10(12)5-3-8-13-9-11(2)6-4-7-11/h10,13H,3-9,12H2,1-2H3. The lowest BCUT2D eigenvalue weighted by Crippen LogP contribution is -2.37. The van der Waals surface area contributed by atoms with E-state index >= 15 is 0 Å². The van der Waals surface area contributed by atoms with Gasteiger partial charge in [0.2, 0.25) is 0 Å². The smallest absolute Gasteiger partial charge is 0.00109 e. The number of nitrogens with two attached hydrogens (primary N) is 1. The van der Waals surface area contributed by atoms with E-state index in [9.17, 15) is 0 Å². The zero-order valence-corrected chi connectivity index (χ0v) is 9.10. The summed E-state index contributed by atoms with van der Waals surface area (Å²) < 4.78 is 0. The summed E-state index contributed by atoms with van der Waals surface area (Å²) in [5.74, 6) is 0. The molecular formula is C11H24N2. The second-order valence-corrected chi connectivity index (χ2v) is 4.96. The molecule has 1 unspecified atom stereocenters. The molecule has 1 aliphatic rings. The number of hydrogen-bond donors (Lipinski definition) is 2. The van der Waals surface area contributed by atoms with Gasteiger partial charge in [0.1, 0.15) is 0 Å². The summed E-state index contributed by atoms with van der Waals surface area (Å²) >= 11 is 0. The van der Waals surface area contributed by atoms with Gasteiger partial charge in [-0.05, 0) is 44.6 Å². The van der Waals surface area contributed by atoms with Gasteiger partial charge < -0.3 is 11.1 Å². The van der Waals surface area contributed by atoms with Crippen LogP contribution in [0.3, 0.4) is 0 Å². The number of rotatable bonds is 6. The van der Waals surface area contributed by atoms with Crippen molar-refractivity contribution in [2.45, 2.75) is 52.0 Å². The van der Waals surface area contributed by atoms with Crippen molar-refractivity contribution in [3.05, 3.63) is 0 Å². The Balaban J connectivity index is 1.89. The highest BCUT2D eigenvalue weighted by Crippen LogP contribution is 2.39. The first-order chi connectivity index (χ1) is 6.12. The molecule has 0 amide bonds. The summed E-state index contributed by atoms with van der Waals surface area (Å²) in [4.78, 5) is 0. The van der Waals surface area contributed by atoms with E-state index < -0.39 is 0 Å². The van der Waals surface area contributed by atoms with E-state index in [-0.39, 0.29) is 0 Å². The Bertz CT molecular complexity index is 139. The van der Waals surface area contributed by atoms with Gasteiger partial charge in [-0.25, -0.2) is 0 Å². The predicted octanol–water partition coefficient (Wildman–Crippen LogP) is 1.89. The van der Waals surface area contributed by atoms with E-state index in [2.05, 4.69) is 19.2 Å². The topological polar surface area (TPSA) is 38.0 Å². The summed E-state index contributed by atoms with van der Waals surface area (Å²) in [5.41, 5.74) is 6.29. The van der Waals surface area contributed by atoms with Crippen LogP contribution >= 0.6 is 0 Å². The Hall–Kier alpha value is -0.0800. The molecule has 78 valence electrons. The maximum absolute atomic E-state index is 5.67. The lowest BCUT2D eigenvalue weighted by atomic mass is 9.70. The third kappa shape index (κ3) is 4.10. The molecule has 0 aliphatic heterocycles. The Morgan fingerprint density at radius 3 is 2.62 bits per heavy atom. The van der Waals surface area contributed by atoms with Gasteiger partial charge in [-0.3, -0.25) is 0 Å². The van der Waals surface area contributed by atoms with Crippen molar-refractivity contribution in [3.63, 3.8) is 0 Å². The third-order valence-corrected chi connectivity index (χ3v) is 3.13. The summed E-state index contributed by atoms with van der Waals surface area (Å²) in [7, 11) is 0. The Labute approximate surface area is 82.3 Å². The molecule has 0 radical (unpaired) electrons. The van der Waals surface area contributed by atoms with Crippen molar-refractivity contribution in [1.29, 1.82) is 0 Å². The van der Waals surface area contributed by atoms with Crippen LogP contribution in [0.5, 0.6) is 0 Å². The summed E-state index contributed by atoms with van der Waals surface area (Å²) in [5, 5.41) is 3.53. The van der Waals surface area contributed by atoms with Crippen LogP contribution in [0.25, 0.3) is 0 Å². The highest BCUT2D eigenvalue weighted by atomic mass is 14.9. The molecule has 1 rings (SSSR count). The van der Waals surface area contributed by atoms with Crippen molar-refractivity contribution in [2.75, 3.05) is 13.1 Å². The highest BCUT2D eigenvalue weighted by Gasteiger charge is 2.30. The Morgan fingerprint density at radius 2 is 2.15 bits per heavy atom.